The molecule has 0 saturated carbocycles. The minimum Gasteiger partial charge on any atom is -0.491 e. The quantitative estimate of drug-likeness (QED) is 0.922. The molecule has 1 fully saturated rings. The molecule has 2 rings (SSSR count). The molecule has 22 heavy (non-hydrogen) atoms. The van der Waals surface area contributed by atoms with Gasteiger partial charge in [0, 0.05) is 24.8 Å². The zero-order chi connectivity index (χ0) is 16.3. The smallest absolute Gasteiger partial charge is 0.321 e. The maximum atomic E-state index is 12.2. The first-order valence-electron chi connectivity index (χ1n) is 7.30. The number of carbonyl (C=O) groups is 1. The molecule has 0 radical (unpaired) electrons. The van der Waals surface area contributed by atoms with Gasteiger partial charge in [-0.2, -0.15) is 0 Å². The molecule has 122 valence electrons. The average molecular weight is 326 g/mol. The van der Waals surface area contributed by atoms with Gasteiger partial charge in [0.05, 0.1) is 17.6 Å². The van der Waals surface area contributed by atoms with Gasteiger partial charge in [-0.1, -0.05) is 6.07 Å². The van der Waals surface area contributed by atoms with Gasteiger partial charge in [-0.25, -0.2) is 13.2 Å². The predicted molar refractivity (Wildman–Crippen MR) is 86.2 cm³/mol. The summed E-state index contributed by atoms with van der Waals surface area (Å²) in [5, 5.41) is 2.79. The SMILES string of the molecule is Cc1ccc(NC(=O)N2CCS(=O)(=O)CC2)cc1OC(C)C. The highest BCUT2D eigenvalue weighted by Gasteiger charge is 2.25. The Kier molecular flexibility index (Phi) is 4.95. The van der Waals surface area contributed by atoms with Crippen LogP contribution in [0.1, 0.15) is 19.4 Å². The number of carbonyl (C=O) groups excluding carboxylic acids is 1. The normalized spacial score (nSPS) is 17.4. The second kappa shape index (κ2) is 6.56. The number of ether oxygens (including phenoxy) is 1. The van der Waals surface area contributed by atoms with Crippen LogP contribution in [0.4, 0.5) is 10.5 Å². The molecule has 0 unspecified atom stereocenters. The summed E-state index contributed by atoms with van der Waals surface area (Å²) in [6.45, 7) is 6.29. The third kappa shape index (κ3) is 4.37. The van der Waals surface area contributed by atoms with E-state index in [9.17, 15) is 13.2 Å². The molecule has 0 atom stereocenters. The van der Waals surface area contributed by atoms with Crippen LogP contribution in [-0.2, 0) is 9.84 Å². The van der Waals surface area contributed by atoms with E-state index in [1.54, 1.807) is 12.1 Å². The third-order valence-corrected chi connectivity index (χ3v) is 5.04. The Morgan fingerprint density at radius 3 is 2.50 bits per heavy atom. The number of nitrogens with one attached hydrogen (secondary N) is 1. The van der Waals surface area contributed by atoms with Gasteiger partial charge < -0.3 is 15.0 Å². The zero-order valence-electron chi connectivity index (χ0n) is 13.1. The fraction of sp³-hybridized carbons (Fsp3) is 0.533. The van der Waals surface area contributed by atoms with E-state index in [4.69, 9.17) is 4.74 Å². The number of sulfone groups is 1. The Morgan fingerprint density at radius 2 is 1.91 bits per heavy atom. The summed E-state index contributed by atoms with van der Waals surface area (Å²) < 4.78 is 28.5. The lowest BCUT2D eigenvalue weighted by Gasteiger charge is -2.27. The molecular formula is C15H22N2O4S. The van der Waals surface area contributed by atoms with Crippen molar-refractivity contribution in [2.24, 2.45) is 0 Å². The Balaban J connectivity index is 2.03. The highest BCUT2D eigenvalue weighted by atomic mass is 32.2. The molecule has 1 aromatic carbocycles. The van der Waals surface area contributed by atoms with Gasteiger partial charge in [0.25, 0.3) is 0 Å². The van der Waals surface area contributed by atoms with Crippen molar-refractivity contribution in [1.82, 2.24) is 4.90 Å². The molecule has 1 N–H and O–H groups in total. The summed E-state index contributed by atoms with van der Waals surface area (Å²) in [4.78, 5) is 13.7. The summed E-state index contributed by atoms with van der Waals surface area (Å²) in [6, 6.07) is 5.19. The number of rotatable bonds is 3. The molecule has 1 aromatic rings. The van der Waals surface area contributed by atoms with E-state index >= 15 is 0 Å². The summed E-state index contributed by atoms with van der Waals surface area (Å²) in [7, 11) is -2.99. The molecule has 0 aromatic heterocycles. The van der Waals surface area contributed by atoms with Crippen molar-refractivity contribution < 1.29 is 17.9 Å². The second-order valence-electron chi connectivity index (χ2n) is 5.72. The molecular weight excluding hydrogens is 304 g/mol. The van der Waals surface area contributed by atoms with Crippen molar-refractivity contribution in [3.05, 3.63) is 23.8 Å². The number of anilines is 1. The monoisotopic (exact) mass is 326 g/mol. The molecule has 2 amide bonds. The first kappa shape index (κ1) is 16.6. The molecule has 1 heterocycles. The van der Waals surface area contributed by atoms with Crippen molar-refractivity contribution in [2.75, 3.05) is 29.9 Å². The van der Waals surface area contributed by atoms with E-state index < -0.39 is 9.84 Å². The molecule has 6 nitrogen and oxygen atoms in total. The fourth-order valence-corrected chi connectivity index (χ4v) is 3.38. The molecule has 1 saturated heterocycles. The minimum absolute atomic E-state index is 0.0238. The molecule has 7 heteroatoms. The Bertz CT molecular complexity index is 642. The van der Waals surface area contributed by atoms with Crippen LogP contribution in [0.5, 0.6) is 5.75 Å². The van der Waals surface area contributed by atoms with Crippen LogP contribution < -0.4 is 10.1 Å². The van der Waals surface area contributed by atoms with Crippen LogP contribution in [0.25, 0.3) is 0 Å². The lowest BCUT2D eigenvalue weighted by Crippen LogP contribution is -2.45. The second-order valence-corrected chi connectivity index (χ2v) is 8.02. The maximum Gasteiger partial charge on any atom is 0.321 e. The number of hydrogen-bond donors (Lipinski definition) is 1. The molecule has 1 aliphatic heterocycles. The van der Waals surface area contributed by atoms with Crippen LogP contribution in [-0.4, -0.2) is 50.0 Å². The van der Waals surface area contributed by atoms with Crippen LogP contribution in [0, 0.1) is 6.92 Å². The standard InChI is InChI=1S/C15H22N2O4S/c1-11(2)21-14-10-13(5-4-12(14)3)16-15(18)17-6-8-22(19,20)9-7-17/h4-5,10-11H,6-9H2,1-3H3,(H,16,18). The fourth-order valence-electron chi connectivity index (χ4n) is 2.18. The number of hydrogen-bond acceptors (Lipinski definition) is 4. The number of amides is 2. The highest BCUT2D eigenvalue weighted by Crippen LogP contribution is 2.24. The lowest BCUT2D eigenvalue weighted by molar-refractivity contribution is 0.216. The molecule has 0 aliphatic carbocycles. The maximum absolute atomic E-state index is 12.2. The van der Waals surface area contributed by atoms with E-state index in [1.807, 2.05) is 26.8 Å². The molecule has 0 spiro atoms. The Hall–Kier alpha value is -1.76. The van der Waals surface area contributed by atoms with Crippen LogP contribution in [0.15, 0.2) is 18.2 Å². The van der Waals surface area contributed by atoms with Crippen molar-refractivity contribution in [1.29, 1.82) is 0 Å². The lowest BCUT2D eigenvalue weighted by atomic mass is 10.2. The Labute approximate surface area is 131 Å². The average Bonchev–Trinajstić information content (AvgIpc) is 2.41. The topological polar surface area (TPSA) is 75.7 Å². The minimum atomic E-state index is -2.99. The van der Waals surface area contributed by atoms with Gasteiger partial charge in [-0.15, -0.1) is 0 Å². The first-order valence-corrected chi connectivity index (χ1v) is 9.12. The van der Waals surface area contributed by atoms with E-state index in [0.717, 1.165) is 11.3 Å². The summed E-state index contributed by atoms with van der Waals surface area (Å²) in [6.07, 6.45) is 0.0527. The number of nitrogens with zero attached hydrogens (tertiary/aromatic N) is 1. The van der Waals surface area contributed by atoms with Crippen molar-refractivity contribution in [3.8, 4) is 5.75 Å². The predicted octanol–water partition coefficient (Wildman–Crippen LogP) is 2.04. The van der Waals surface area contributed by atoms with E-state index in [0.29, 0.717) is 5.69 Å². The first-order chi connectivity index (χ1) is 10.3. The summed E-state index contributed by atoms with van der Waals surface area (Å²) >= 11 is 0. The zero-order valence-corrected chi connectivity index (χ0v) is 13.9. The van der Waals surface area contributed by atoms with E-state index in [-0.39, 0.29) is 36.7 Å². The third-order valence-electron chi connectivity index (χ3n) is 3.43. The van der Waals surface area contributed by atoms with Crippen molar-refractivity contribution in [2.45, 2.75) is 26.9 Å². The van der Waals surface area contributed by atoms with Gasteiger partial charge in [0.2, 0.25) is 0 Å². The van der Waals surface area contributed by atoms with E-state index in [2.05, 4.69) is 5.32 Å². The van der Waals surface area contributed by atoms with Crippen molar-refractivity contribution >= 4 is 21.6 Å². The van der Waals surface area contributed by atoms with Gasteiger partial charge in [0.1, 0.15) is 5.75 Å². The van der Waals surface area contributed by atoms with Crippen molar-refractivity contribution in [3.63, 3.8) is 0 Å². The van der Waals surface area contributed by atoms with Gasteiger partial charge in [-0.3, -0.25) is 0 Å². The van der Waals surface area contributed by atoms with Crippen LogP contribution in [0.2, 0.25) is 0 Å². The number of benzene rings is 1. The molecule has 1 aliphatic rings. The highest BCUT2D eigenvalue weighted by molar-refractivity contribution is 7.91. The Morgan fingerprint density at radius 1 is 1.27 bits per heavy atom. The molecule has 0 bridgehead atoms. The van der Waals surface area contributed by atoms with Gasteiger partial charge >= 0.3 is 6.03 Å². The summed E-state index contributed by atoms with van der Waals surface area (Å²) in [5.74, 6) is 0.778. The van der Waals surface area contributed by atoms with E-state index in [1.165, 1.54) is 4.90 Å². The largest absolute Gasteiger partial charge is 0.491 e. The summed E-state index contributed by atoms with van der Waals surface area (Å²) in [5.41, 5.74) is 1.63. The number of urea groups is 1. The van der Waals surface area contributed by atoms with Gasteiger partial charge in [-0.05, 0) is 32.4 Å². The van der Waals surface area contributed by atoms with Crippen LogP contribution in [0.3, 0.4) is 0 Å². The number of aryl methyl sites for hydroxylation is 1. The van der Waals surface area contributed by atoms with Crippen LogP contribution >= 0.6 is 0 Å². The van der Waals surface area contributed by atoms with Gasteiger partial charge in [0.15, 0.2) is 9.84 Å².